The molecular formula is C21H16N6O2. The number of nitrogens with zero attached hydrogens (tertiary/aromatic N) is 4. The Morgan fingerprint density at radius 2 is 1.86 bits per heavy atom. The van der Waals surface area contributed by atoms with Gasteiger partial charge < -0.3 is 20.1 Å². The van der Waals surface area contributed by atoms with Crippen LogP contribution < -0.4 is 10.1 Å². The quantitative estimate of drug-likeness (QED) is 0.429. The summed E-state index contributed by atoms with van der Waals surface area (Å²) in [5, 5.41) is 14.2. The van der Waals surface area contributed by atoms with E-state index >= 15 is 0 Å². The zero-order valence-electron chi connectivity index (χ0n) is 15.4. The summed E-state index contributed by atoms with van der Waals surface area (Å²) in [5.41, 5.74) is 4.55. The number of anilines is 2. The van der Waals surface area contributed by atoms with E-state index in [1.54, 1.807) is 13.3 Å². The van der Waals surface area contributed by atoms with Gasteiger partial charge in [0.25, 0.3) is 0 Å². The second-order valence-corrected chi connectivity index (χ2v) is 6.41. The first kappa shape index (κ1) is 16.9. The molecule has 5 rings (SSSR count). The van der Waals surface area contributed by atoms with Crippen molar-refractivity contribution in [3.8, 4) is 22.8 Å². The lowest BCUT2D eigenvalue weighted by Gasteiger charge is -2.10. The van der Waals surface area contributed by atoms with Crippen LogP contribution in [0.15, 0.2) is 61.1 Å². The molecule has 0 aliphatic rings. The summed E-state index contributed by atoms with van der Waals surface area (Å²) in [7, 11) is 1.65. The minimum atomic E-state index is -0.180. The van der Waals surface area contributed by atoms with Crippen LogP contribution in [0.4, 0.5) is 11.6 Å². The zero-order chi connectivity index (χ0) is 19.8. The molecule has 5 aromatic rings. The molecule has 3 heterocycles. The molecule has 0 aliphatic heterocycles. The van der Waals surface area contributed by atoms with Crippen LogP contribution in [0, 0.1) is 0 Å². The minimum absolute atomic E-state index is 0.180. The fourth-order valence-electron chi connectivity index (χ4n) is 3.25. The van der Waals surface area contributed by atoms with Gasteiger partial charge in [0.1, 0.15) is 5.75 Å². The van der Waals surface area contributed by atoms with Crippen molar-refractivity contribution in [1.82, 2.24) is 24.9 Å². The molecule has 0 aliphatic carbocycles. The Kier molecular flexibility index (Phi) is 3.94. The minimum Gasteiger partial charge on any atom is -0.497 e. The highest BCUT2D eigenvalue weighted by Gasteiger charge is 2.11. The average molecular weight is 384 g/mol. The molecule has 3 aromatic heterocycles. The molecule has 3 N–H and O–H groups in total. The molecule has 0 amide bonds. The van der Waals surface area contributed by atoms with Crippen molar-refractivity contribution in [2.75, 3.05) is 12.4 Å². The Labute approximate surface area is 165 Å². The lowest BCUT2D eigenvalue weighted by molar-refractivity contribution is 0.415. The Bertz CT molecular complexity index is 1330. The van der Waals surface area contributed by atoms with E-state index in [0.29, 0.717) is 11.2 Å². The Morgan fingerprint density at radius 1 is 1.00 bits per heavy atom. The van der Waals surface area contributed by atoms with Gasteiger partial charge in [-0.25, -0.2) is 4.98 Å². The molecule has 0 atom stereocenters. The molecule has 2 aromatic carbocycles. The number of aromatic hydroxyl groups is 1. The highest BCUT2D eigenvalue weighted by Crippen LogP contribution is 2.31. The van der Waals surface area contributed by atoms with E-state index in [0.717, 1.165) is 33.5 Å². The van der Waals surface area contributed by atoms with Gasteiger partial charge in [-0.2, -0.15) is 9.97 Å². The molecule has 8 heteroatoms. The van der Waals surface area contributed by atoms with Crippen molar-refractivity contribution in [2.24, 2.45) is 0 Å². The topological polar surface area (TPSA) is 109 Å². The van der Waals surface area contributed by atoms with E-state index in [1.165, 1.54) is 6.33 Å². The van der Waals surface area contributed by atoms with Crippen LogP contribution >= 0.6 is 0 Å². The fourth-order valence-corrected chi connectivity index (χ4v) is 3.25. The van der Waals surface area contributed by atoms with Gasteiger partial charge in [0.2, 0.25) is 11.8 Å². The molecule has 8 nitrogen and oxygen atoms in total. The first-order chi connectivity index (χ1) is 14.2. The van der Waals surface area contributed by atoms with Crippen LogP contribution in [0.1, 0.15) is 0 Å². The van der Waals surface area contributed by atoms with E-state index in [1.807, 2.05) is 48.5 Å². The fraction of sp³-hybridized carbons (Fsp3) is 0.0476. The highest BCUT2D eigenvalue weighted by atomic mass is 16.5. The number of pyridine rings is 1. The average Bonchev–Trinajstić information content (AvgIpc) is 3.23. The number of ether oxygens (including phenoxy) is 1. The molecule has 0 bridgehead atoms. The number of fused-ring (bicyclic) bond motifs is 2. The maximum absolute atomic E-state index is 10.0. The van der Waals surface area contributed by atoms with Gasteiger partial charge in [0, 0.05) is 17.3 Å². The number of aromatic amines is 1. The summed E-state index contributed by atoms with van der Waals surface area (Å²) in [6.07, 6.45) is 3.26. The summed E-state index contributed by atoms with van der Waals surface area (Å²) >= 11 is 0. The number of nitrogens with one attached hydrogen (secondary N) is 2. The molecule has 0 unspecified atom stereocenters. The zero-order valence-corrected chi connectivity index (χ0v) is 15.4. The predicted molar refractivity (Wildman–Crippen MR) is 110 cm³/mol. The first-order valence-corrected chi connectivity index (χ1v) is 8.91. The molecule has 0 saturated carbocycles. The highest BCUT2D eigenvalue weighted by molar-refractivity contribution is 5.96. The third-order valence-electron chi connectivity index (χ3n) is 4.66. The lowest BCUT2D eigenvalue weighted by Crippen LogP contribution is -1.98. The van der Waals surface area contributed by atoms with Crippen molar-refractivity contribution in [1.29, 1.82) is 0 Å². The second kappa shape index (κ2) is 6.75. The van der Waals surface area contributed by atoms with Crippen molar-refractivity contribution >= 4 is 33.7 Å². The van der Waals surface area contributed by atoms with Crippen molar-refractivity contribution < 1.29 is 9.84 Å². The van der Waals surface area contributed by atoms with Gasteiger partial charge in [0.05, 0.1) is 19.0 Å². The molecule has 142 valence electrons. The van der Waals surface area contributed by atoms with Crippen molar-refractivity contribution in [3.05, 3.63) is 61.1 Å². The molecule has 0 spiro atoms. The van der Waals surface area contributed by atoms with E-state index in [9.17, 15) is 5.11 Å². The third-order valence-corrected chi connectivity index (χ3v) is 4.66. The standard InChI is InChI=1S/C21H16N6O2/c1-29-14-5-2-12(3-6-14)15-8-9-22-17-7-4-13(10-16(15)17)25-21-26-19-18(20(28)27-21)23-11-24-19/h2-11H,1H3,(H3,23,24,25,26,27,28). The number of rotatable bonds is 4. The second-order valence-electron chi connectivity index (χ2n) is 6.41. The van der Waals surface area contributed by atoms with Gasteiger partial charge in [-0.15, -0.1) is 0 Å². The van der Waals surface area contributed by atoms with E-state index in [4.69, 9.17) is 4.74 Å². The molecule has 0 fully saturated rings. The van der Waals surface area contributed by atoms with E-state index < -0.39 is 0 Å². The Hall–Kier alpha value is -4.20. The summed E-state index contributed by atoms with van der Waals surface area (Å²) in [5.74, 6) is 0.897. The van der Waals surface area contributed by atoms with Gasteiger partial charge in [-0.3, -0.25) is 4.98 Å². The van der Waals surface area contributed by atoms with Crippen molar-refractivity contribution in [2.45, 2.75) is 0 Å². The summed E-state index contributed by atoms with van der Waals surface area (Å²) < 4.78 is 5.25. The van der Waals surface area contributed by atoms with Gasteiger partial charge in [-0.05, 0) is 47.5 Å². The maximum Gasteiger partial charge on any atom is 0.244 e. The monoisotopic (exact) mass is 384 g/mol. The molecule has 0 saturated heterocycles. The summed E-state index contributed by atoms with van der Waals surface area (Å²) in [6.45, 7) is 0. The van der Waals surface area contributed by atoms with Crippen LogP contribution in [0.25, 0.3) is 33.2 Å². The molecular weight excluding hydrogens is 368 g/mol. The normalized spacial score (nSPS) is 11.1. The van der Waals surface area contributed by atoms with E-state index in [-0.39, 0.29) is 11.8 Å². The number of methoxy groups -OCH3 is 1. The maximum atomic E-state index is 10.0. The Morgan fingerprint density at radius 3 is 2.69 bits per heavy atom. The van der Waals surface area contributed by atoms with E-state index in [2.05, 4.69) is 30.2 Å². The number of H-pyrrole nitrogens is 1. The summed E-state index contributed by atoms with van der Waals surface area (Å²) in [6, 6.07) is 15.7. The first-order valence-electron chi connectivity index (χ1n) is 8.91. The van der Waals surface area contributed by atoms with Crippen LogP contribution in [0.2, 0.25) is 0 Å². The third kappa shape index (κ3) is 3.06. The predicted octanol–water partition coefficient (Wildman–Crippen LogP) is 4.03. The lowest BCUT2D eigenvalue weighted by atomic mass is 10.0. The van der Waals surface area contributed by atoms with Crippen LogP contribution in [0.3, 0.4) is 0 Å². The van der Waals surface area contributed by atoms with Gasteiger partial charge >= 0.3 is 0 Å². The smallest absolute Gasteiger partial charge is 0.244 e. The number of hydrogen-bond acceptors (Lipinski definition) is 7. The SMILES string of the molecule is COc1ccc(-c2ccnc3ccc(Nc4nc(O)c5nc[nH]c5n4)cc23)cc1. The molecule has 29 heavy (non-hydrogen) atoms. The van der Waals surface area contributed by atoms with Crippen LogP contribution in [-0.4, -0.2) is 37.1 Å². The number of benzene rings is 2. The van der Waals surface area contributed by atoms with Crippen molar-refractivity contribution in [3.63, 3.8) is 0 Å². The molecule has 0 radical (unpaired) electrons. The number of imidazole rings is 1. The van der Waals surface area contributed by atoms with Gasteiger partial charge in [-0.1, -0.05) is 12.1 Å². The van der Waals surface area contributed by atoms with Gasteiger partial charge in [0.15, 0.2) is 11.2 Å². The Balaban J connectivity index is 1.56. The van der Waals surface area contributed by atoms with Crippen LogP contribution in [0.5, 0.6) is 11.6 Å². The number of hydrogen-bond donors (Lipinski definition) is 3. The summed E-state index contributed by atoms with van der Waals surface area (Å²) in [4.78, 5) is 19.7. The largest absolute Gasteiger partial charge is 0.497 e. The van der Waals surface area contributed by atoms with Crippen LogP contribution in [-0.2, 0) is 0 Å². The number of aromatic nitrogens is 5.